The SMILES string of the molecule is CC(C)CC(C)(CN)NC(=O)CCS(=O)(=O)c1ccc2c(c1)CCC2.Cl. The molecule has 0 bridgehead atoms. The first-order chi connectivity index (χ1) is 11.6. The second kappa shape index (κ2) is 9.20. The fourth-order valence-corrected chi connectivity index (χ4v) is 4.86. The van der Waals surface area contributed by atoms with Crippen LogP contribution < -0.4 is 11.1 Å². The highest BCUT2D eigenvalue weighted by molar-refractivity contribution is 7.91. The first-order valence-corrected chi connectivity index (χ1v) is 10.7. The predicted molar refractivity (Wildman–Crippen MR) is 107 cm³/mol. The van der Waals surface area contributed by atoms with E-state index in [1.54, 1.807) is 12.1 Å². The van der Waals surface area contributed by atoms with E-state index >= 15 is 0 Å². The van der Waals surface area contributed by atoms with Crippen molar-refractivity contribution in [2.75, 3.05) is 12.3 Å². The van der Waals surface area contributed by atoms with Crippen LogP contribution in [0, 0.1) is 5.92 Å². The van der Waals surface area contributed by atoms with Gasteiger partial charge in [0.25, 0.3) is 0 Å². The van der Waals surface area contributed by atoms with Crippen LogP contribution in [0.15, 0.2) is 23.1 Å². The number of amides is 1. The van der Waals surface area contributed by atoms with Crippen molar-refractivity contribution in [1.29, 1.82) is 0 Å². The number of nitrogens with one attached hydrogen (secondary N) is 1. The molecule has 0 heterocycles. The van der Waals surface area contributed by atoms with E-state index in [0.717, 1.165) is 31.2 Å². The van der Waals surface area contributed by atoms with Crippen LogP contribution >= 0.6 is 12.4 Å². The zero-order valence-corrected chi connectivity index (χ0v) is 17.5. The van der Waals surface area contributed by atoms with Crippen molar-refractivity contribution in [2.45, 2.75) is 63.3 Å². The topological polar surface area (TPSA) is 89.3 Å². The van der Waals surface area contributed by atoms with Crippen molar-refractivity contribution >= 4 is 28.2 Å². The molecule has 2 rings (SSSR count). The van der Waals surface area contributed by atoms with Crippen molar-refractivity contribution in [3.05, 3.63) is 29.3 Å². The van der Waals surface area contributed by atoms with Crippen molar-refractivity contribution in [3.63, 3.8) is 0 Å². The highest BCUT2D eigenvalue weighted by atomic mass is 35.5. The molecule has 1 aromatic rings. The van der Waals surface area contributed by atoms with Crippen LogP contribution in [-0.4, -0.2) is 32.2 Å². The summed E-state index contributed by atoms with van der Waals surface area (Å²) >= 11 is 0. The first kappa shape index (κ1) is 22.9. The molecule has 0 saturated carbocycles. The number of benzene rings is 1. The Balaban J connectivity index is 0.00000338. The summed E-state index contributed by atoms with van der Waals surface area (Å²) in [5.41, 5.74) is 7.66. The van der Waals surface area contributed by atoms with Crippen molar-refractivity contribution in [3.8, 4) is 0 Å². The Bertz CT molecular complexity index is 734. The Kier molecular flexibility index (Phi) is 8.11. The third-order valence-corrected chi connectivity index (χ3v) is 6.49. The minimum absolute atomic E-state index is 0. The number of hydrogen-bond acceptors (Lipinski definition) is 4. The monoisotopic (exact) mass is 402 g/mol. The molecule has 0 aromatic heterocycles. The first-order valence-electron chi connectivity index (χ1n) is 9.01. The van der Waals surface area contributed by atoms with E-state index in [0.29, 0.717) is 17.4 Å². The molecule has 148 valence electrons. The molecule has 1 unspecified atom stereocenters. The lowest BCUT2D eigenvalue weighted by Gasteiger charge is -2.31. The molecule has 26 heavy (non-hydrogen) atoms. The van der Waals surface area contributed by atoms with Gasteiger partial charge in [-0.25, -0.2) is 8.42 Å². The van der Waals surface area contributed by atoms with E-state index in [9.17, 15) is 13.2 Å². The lowest BCUT2D eigenvalue weighted by Crippen LogP contribution is -2.52. The molecule has 1 aliphatic rings. The lowest BCUT2D eigenvalue weighted by molar-refractivity contribution is -0.122. The fourth-order valence-electron chi connectivity index (χ4n) is 3.57. The highest BCUT2D eigenvalue weighted by Crippen LogP contribution is 2.25. The van der Waals surface area contributed by atoms with Gasteiger partial charge in [0.05, 0.1) is 10.6 Å². The number of fused-ring (bicyclic) bond motifs is 1. The average molecular weight is 403 g/mol. The van der Waals surface area contributed by atoms with Gasteiger partial charge in [-0.1, -0.05) is 19.9 Å². The van der Waals surface area contributed by atoms with Gasteiger partial charge in [0.2, 0.25) is 5.91 Å². The second-order valence-electron chi connectivity index (χ2n) is 7.76. The fraction of sp³-hybridized carbons (Fsp3) is 0.632. The van der Waals surface area contributed by atoms with Crippen LogP contribution in [0.3, 0.4) is 0 Å². The van der Waals surface area contributed by atoms with E-state index < -0.39 is 15.4 Å². The Hall–Kier alpha value is -1.11. The molecule has 1 aromatic carbocycles. The minimum Gasteiger partial charge on any atom is -0.350 e. The maximum absolute atomic E-state index is 12.5. The summed E-state index contributed by atoms with van der Waals surface area (Å²) in [6, 6.07) is 5.35. The molecular weight excluding hydrogens is 372 g/mol. The summed E-state index contributed by atoms with van der Waals surface area (Å²) in [6.07, 6.45) is 3.74. The average Bonchev–Trinajstić information content (AvgIpc) is 3.00. The van der Waals surface area contributed by atoms with Crippen LogP contribution in [0.2, 0.25) is 0 Å². The molecule has 0 saturated heterocycles. The van der Waals surface area contributed by atoms with Crippen LogP contribution in [0.1, 0.15) is 51.2 Å². The number of sulfone groups is 1. The number of nitrogens with two attached hydrogens (primary N) is 1. The summed E-state index contributed by atoms with van der Waals surface area (Å²) < 4.78 is 25.1. The summed E-state index contributed by atoms with van der Waals surface area (Å²) in [5, 5.41) is 2.91. The third-order valence-electron chi connectivity index (χ3n) is 4.78. The zero-order valence-electron chi connectivity index (χ0n) is 15.9. The Labute approximate surface area is 163 Å². The largest absolute Gasteiger partial charge is 0.350 e. The predicted octanol–water partition coefficient (Wildman–Crippen LogP) is 2.64. The number of halogens is 1. The number of aryl methyl sites for hydroxylation is 2. The quantitative estimate of drug-likeness (QED) is 0.699. The molecule has 1 aliphatic carbocycles. The molecule has 0 spiro atoms. The van der Waals surface area contributed by atoms with Gasteiger partial charge in [-0.05, 0) is 61.8 Å². The van der Waals surface area contributed by atoms with Gasteiger partial charge in [0.15, 0.2) is 9.84 Å². The number of carbonyl (C=O) groups excluding carboxylic acids is 1. The summed E-state index contributed by atoms with van der Waals surface area (Å²) in [6.45, 7) is 6.37. The molecular formula is C19H31ClN2O3S. The minimum atomic E-state index is -3.45. The second-order valence-corrected chi connectivity index (χ2v) is 9.87. The van der Waals surface area contributed by atoms with Crippen LogP contribution in [0.25, 0.3) is 0 Å². The molecule has 1 atom stereocenters. The smallest absolute Gasteiger partial charge is 0.221 e. The van der Waals surface area contributed by atoms with Crippen LogP contribution in [0.5, 0.6) is 0 Å². The van der Waals surface area contributed by atoms with E-state index in [4.69, 9.17) is 5.73 Å². The van der Waals surface area contributed by atoms with Crippen molar-refractivity contribution in [1.82, 2.24) is 5.32 Å². The van der Waals surface area contributed by atoms with Gasteiger partial charge in [0.1, 0.15) is 0 Å². The van der Waals surface area contributed by atoms with E-state index in [1.807, 2.05) is 13.0 Å². The van der Waals surface area contributed by atoms with Crippen LogP contribution in [0.4, 0.5) is 0 Å². The van der Waals surface area contributed by atoms with E-state index in [-0.39, 0.29) is 30.5 Å². The van der Waals surface area contributed by atoms with Crippen molar-refractivity contribution < 1.29 is 13.2 Å². The van der Waals surface area contributed by atoms with Crippen LogP contribution in [-0.2, 0) is 27.5 Å². The van der Waals surface area contributed by atoms with Gasteiger partial charge >= 0.3 is 0 Å². The molecule has 0 radical (unpaired) electrons. The standard InChI is InChI=1S/C19H30N2O3S.ClH/c1-14(2)12-19(3,13-20)21-18(22)9-10-25(23,24)17-8-7-15-5-4-6-16(15)11-17;/h7-8,11,14H,4-6,9-10,12-13,20H2,1-3H3,(H,21,22);1H. The maximum atomic E-state index is 12.5. The van der Waals surface area contributed by atoms with E-state index in [2.05, 4.69) is 19.2 Å². The Morgan fingerprint density at radius 1 is 1.27 bits per heavy atom. The van der Waals surface area contributed by atoms with Gasteiger partial charge in [-0.15, -0.1) is 12.4 Å². The highest BCUT2D eigenvalue weighted by Gasteiger charge is 2.27. The lowest BCUT2D eigenvalue weighted by atomic mass is 9.90. The van der Waals surface area contributed by atoms with Gasteiger partial charge in [0, 0.05) is 18.5 Å². The van der Waals surface area contributed by atoms with E-state index in [1.165, 1.54) is 5.56 Å². The molecule has 0 aliphatic heterocycles. The van der Waals surface area contributed by atoms with Gasteiger partial charge in [-0.3, -0.25) is 4.79 Å². The normalized spacial score (nSPS) is 15.9. The molecule has 3 N–H and O–H groups in total. The molecule has 0 fully saturated rings. The third kappa shape index (κ3) is 5.96. The van der Waals surface area contributed by atoms with Gasteiger partial charge in [-0.2, -0.15) is 0 Å². The molecule has 7 heteroatoms. The molecule has 1 amide bonds. The maximum Gasteiger partial charge on any atom is 0.221 e. The zero-order chi connectivity index (χ0) is 18.7. The number of carbonyl (C=O) groups is 1. The number of hydrogen-bond donors (Lipinski definition) is 2. The number of rotatable bonds is 8. The Morgan fingerprint density at radius 3 is 2.54 bits per heavy atom. The summed E-state index contributed by atoms with van der Waals surface area (Å²) in [5.74, 6) is -0.0534. The van der Waals surface area contributed by atoms with Gasteiger partial charge < -0.3 is 11.1 Å². The van der Waals surface area contributed by atoms with Crippen molar-refractivity contribution in [2.24, 2.45) is 11.7 Å². The Morgan fingerprint density at radius 2 is 1.92 bits per heavy atom. The summed E-state index contributed by atoms with van der Waals surface area (Å²) in [7, 11) is -3.45. The molecule has 5 nitrogen and oxygen atoms in total. The summed E-state index contributed by atoms with van der Waals surface area (Å²) in [4.78, 5) is 12.6.